The van der Waals surface area contributed by atoms with Crippen molar-refractivity contribution < 1.29 is 28.8 Å². The number of rotatable bonds is 16. The van der Waals surface area contributed by atoms with Gasteiger partial charge in [0.2, 0.25) is 0 Å². The second-order valence-electron chi connectivity index (χ2n) is 13.0. The molecule has 1 N–H and O–H groups in total. The molecule has 8 nitrogen and oxygen atoms in total. The third-order valence-corrected chi connectivity index (χ3v) is 9.70. The fourth-order valence-electron chi connectivity index (χ4n) is 6.59. The van der Waals surface area contributed by atoms with Crippen LogP contribution in [0.4, 0.5) is 0 Å². The molecule has 0 radical (unpaired) electrons. The number of benzene rings is 6. The second-order valence-corrected chi connectivity index (χ2v) is 13.4. The predicted octanol–water partition coefficient (Wildman–Crippen LogP) is 9.75. The smallest absolute Gasteiger partial charge is 0.168 e. The van der Waals surface area contributed by atoms with E-state index in [9.17, 15) is 5.11 Å². The Kier molecular flexibility index (Phi) is 12.2. The van der Waals surface area contributed by atoms with Gasteiger partial charge >= 0.3 is 0 Å². The SMILES string of the molecule is COc1ccc(O[C@@H]([C@H](O)COC(c2ccccc2)(c2ccccc2)c2ccccc2)[C@H](Oc2ccc(OC)cc2)c2cnc(-c3ccc(Cl)cc3)nc2)cc1. The monoisotopic (exact) mass is 764 g/mol. The zero-order valence-electron chi connectivity index (χ0n) is 30.9. The van der Waals surface area contributed by atoms with Gasteiger partial charge in [0.05, 0.1) is 20.8 Å². The highest BCUT2D eigenvalue weighted by Gasteiger charge is 2.41. The van der Waals surface area contributed by atoms with Gasteiger partial charge in [-0.05, 0) is 89.5 Å². The minimum Gasteiger partial charge on any atom is -0.497 e. The van der Waals surface area contributed by atoms with Gasteiger partial charge in [-0.1, -0.05) is 103 Å². The summed E-state index contributed by atoms with van der Waals surface area (Å²) < 4.78 is 31.3. The molecule has 0 aliphatic heterocycles. The highest BCUT2D eigenvalue weighted by molar-refractivity contribution is 6.30. The summed E-state index contributed by atoms with van der Waals surface area (Å²) in [5.41, 5.74) is 2.97. The number of hydrogen-bond donors (Lipinski definition) is 1. The summed E-state index contributed by atoms with van der Waals surface area (Å²) in [6, 6.07) is 51.7. The molecule has 0 unspecified atom stereocenters. The van der Waals surface area contributed by atoms with Crippen molar-refractivity contribution in [3.63, 3.8) is 0 Å². The molecule has 0 spiro atoms. The van der Waals surface area contributed by atoms with E-state index in [0.29, 0.717) is 39.4 Å². The maximum absolute atomic E-state index is 12.5. The number of ether oxygens (including phenoxy) is 5. The maximum atomic E-state index is 12.5. The van der Waals surface area contributed by atoms with Crippen LogP contribution in [0, 0.1) is 0 Å². The highest BCUT2D eigenvalue weighted by Crippen LogP contribution is 2.41. The van der Waals surface area contributed by atoms with Crippen molar-refractivity contribution in [1.29, 1.82) is 0 Å². The van der Waals surface area contributed by atoms with Crippen molar-refractivity contribution in [2.75, 3.05) is 20.8 Å². The number of aromatic nitrogens is 2. The van der Waals surface area contributed by atoms with Crippen LogP contribution in [0.1, 0.15) is 28.4 Å². The minimum atomic E-state index is -1.26. The average molecular weight is 765 g/mol. The molecule has 282 valence electrons. The zero-order valence-corrected chi connectivity index (χ0v) is 31.7. The van der Waals surface area contributed by atoms with E-state index in [2.05, 4.69) is 0 Å². The van der Waals surface area contributed by atoms with Crippen molar-refractivity contribution in [2.24, 2.45) is 0 Å². The molecule has 1 heterocycles. The zero-order chi connectivity index (χ0) is 38.7. The molecule has 0 saturated carbocycles. The molecule has 0 aliphatic carbocycles. The van der Waals surface area contributed by atoms with Crippen molar-refractivity contribution in [3.05, 3.63) is 203 Å². The third-order valence-electron chi connectivity index (χ3n) is 9.45. The number of nitrogens with zero attached hydrogens (tertiary/aromatic N) is 2. The predicted molar refractivity (Wildman–Crippen MR) is 217 cm³/mol. The first-order valence-electron chi connectivity index (χ1n) is 18.1. The third kappa shape index (κ3) is 8.69. The van der Waals surface area contributed by atoms with Gasteiger partial charge in [0, 0.05) is 28.5 Å². The molecule has 3 atom stereocenters. The molecule has 0 aliphatic rings. The Morgan fingerprint density at radius 2 is 0.982 bits per heavy atom. The molecule has 0 amide bonds. The topological polar surface area (TPSA) is 92.2 Å². The van der Waals surface area contributed by atoms with Gasteiger partial charge in [0.15, 0.2) is 18.0 Å². The van der Waals surface area contributed by atoms with Crippen molar-refractivity contribution in [1.82, 2.24) is 9.97 Å². The summed E-state index contributed by atoms with van der Waals surface area (Å²) in [7, 11) is 3.21. The first-order chi connectivity index (χ1) is 27.5. The summed E-state index contributed by atoms with van der Waals surface area (Å²) in [5, 5.41) is 13.1. The fourth-order valence-corrected chi connectivity index (χ4v) is 6.71. The highest BCUT2D eigenvalue weighted by atomic mass is 35.5. The Balaban J connectivity index is 1.31. The Morgan fingerprint density at radius 3 is 1.43 bits per heavy atom. The molecule has 1 aromatic heterocycles. The summed E-state index contributed by atoms with van der Waals surface area (Å²) >= 11 is 6.15. The van der Waals surface area contributed by atoms with Gasteiger partial charge in [-0.3, -0.25) is 0 Å². The van der Waals surface area contributed by atoms with Crippen LogP contribution < -0.4 is 18.9 Å². The summed E-state index contributed by atoms with van der Waals surface area (Å²) in [6.45, 7) is -0.161. The van der Waals surface area contributed by atoms with Gasteiger partial charge in [-0.2, -0.15) is 0 Å². The van der Waals surface area contributed by atoms with Crippen molar-refractivity contribution in [2.45, 2.75) is 23.9 Å². The normalized spacial score (nSPS) is 12.9. The lowest BCUT2D eigenvalue weighted by molar-refractivity contribution is -0.0974. The lowest BCUT2D eigenvalue weighted by Crippen LogP contribution is -2.45. The fraction of sp³-hybridized carbons (Fsp3) is 0.149. The molecule has 0 bridgehead atoms. The van der Waals surface area contributed by atoms with E-state index in [1.807, 2.05) is 103 Å². The quantitative estimate of drug-likeness (QED) is 0.0973. The van der Waals surface area contributed by atoms with Crippen LogP contribution in [-0.2, 0) is 10.3 Å². The van der Waals surface area contributed by atoms with Crippen LogP contribution in [0.5, 0.6) is 23.0 Å². The van der Waals surface area contributed by atoms with E-state index in [4.69, 9.17) is 45.3 Å². The summed E-state index contributed by atoms with van der Waals surface area (Å²) in [4.78, 5) is 9.41. The molecule has 0 fully saturated rings. The van der Waals surface area contributed by atoms with Crippen LogP contribution >= 0.6 is 11.6 Å². The number of aliphatic hydroxyl groups excluding tert-OH is 1. The average Bonchev–Trinajstić information content (AvgIpc) is 3.27. The first kappa shape index (κ1) is 38.1. The standard InChI is InChI=1S/C47H41ClN2O6/c1-52-39-22-26-41(27-23-39)55-44(34-30-49-46(50-31-34)33-18-20-38(48)21-19-33)45(56-42-28-24-40(53-2)25-29-42)43(51)32-54-47(35-12-6-3-7-13-35,36-14-8-4-9-15-36)37-16-10-5-11-17-37/h3-31,43-45,51H,32H2,1-2H3/t43-,44-,45+/m1/s1. The molecular weight excluding hydrogens is 724 g/mol. The number of hydrogen-bond acceptors (Lipinski definition) is 8. The van der Waals surface area contributed by atoms with E-state index in [-0.39, 0.29) is 6.61 Å². The Morgan fingerprint density at radius 1 is 0.554 bits per heavy atom. The van der Waals surface area contributed by atoms with E-state index >= 15 is 0 Å². The van der Waals surface area contributed by atoms with E-state index in [0.717, 1.165) is 22.3 Å². The van der Waals surface area contributed by atoms with Crippen molar-refractivity contribution >= 4 is 11.6 Å². The van der Waals surface area contributed by atoms with Crippen LogP contribution in [-0.4, -0.2) is 48.1 Å². The maximum Gasteiger partial charge on any atom is 0.168 e. The van der Waals surface area contributed by atoms with Gasteiger partial charge < -0.3 is 28.8 Å². The summed E-state index contributed by atoms with van der Waals surface area (Å²) in [5.74, 6) is 2.83. The number of methoxy groups -OCH3 is 2. The summed E-state index contributed by atoms with van der Waals surface area (Å²) in [6.07, 6.45) is 0.140. The Hall–Kier alpha value is -6.19. The van der Waals surface area contributed by atoms with E-state index in [1.165, 1.54) is 0 Å². The Labute approximate surface area is 331 Å². The molecular formula is C47H41ClN2O6. The first-order valence-corrected chi connectivity index (χ1v) is 18.5. The molecule has 7 aromatic rings. The lowest BCUT2D eigenvalue weighted by Gasteiger charge is -2.38. The van der Waals surface area contributed by atoms with Gasteiger partial charge in [-0.15, -0.1) is 0 Å². The minimum absolute atomic E-state index is 0.161. The van der Waals surface area contributed by atoms with Crippen LogP contribution in [0.15, 0.2) is 176 Å². The van der Waals surface area contributed by atoms with Crippen LogP contribution in [0.2, 0.25) is 5.02 Å². The van der Waals surface area contributed by atoms with Gasteiger partial charge in [0.1, 0.15) is 34.7 Å². The van der Waals surface area contributed by atoms with Crippen molar-refractivity contribution in [3.8, 4) is 34.4 Å². The molecule has 56 heavy (non-hydrogen) atoms. The largest absolute Gasteiger partial charge is 0.497 e. The van der Waals surface area contributed by atoms with Crippen LogP contribution in [0.3, 0.4) is 0 Å². The number of aliphatic hydroxyl groups is 1. The second kappa shape index (κ2) is 18.0. The lowest BCUT2D eigenvalue weighted by atomic mass is 9.80. The molecule has 9 heteroatoms. The van der Waals surface area contributed by atoms with E-state index in [1.54, 1.807) is 87.3 Å². The molecule has 0 saturated heterocycles. The molecule has 6 aromatic carbocycles. The van der Waals surface area contributed by atoms with Gasteiger partial charge in [-0.25, -0.2) is 9.97 Å². The number of halogens is 1. The van der Waals surface area contributed by atoms with E-state index < -0.39 is 23.9 Å². The van der Waals surface area contributed by atoms with Crippen LogP contribution in [0.25, 0.3) is 11.4 Å². The Bertz CT molecular complexity index is 2150. The molecule has 7 rings (SSSR count). The van der Waals surface area contributed by atoms with Gasteiger partial charge in [0.25, 0.3) is 0 Å².